The van der Waals surface area contributed by atoms with Crippen LogP contribution in [0, 0.1) is 17.7 Å². The Bertz CT molecular complexity index is 438. The number of halogens is 1. The third kappa shape index (κ3) is 3.95. The number of rotatable bonds is 8. The average Bonchev–Trinajstić information content (AvgIpc) is 3.30. The molecule has 20 heavy (non-hydrogen) atoms. The van der Waals surface area contributed by atoms with Crippen LogP contribution in [0.25, 0.3) is 0 Å². The third-order valence-corrected chi connectivity index (χ3v) is 4.24. The molecular weight excluding hydrogens is 251 g/mol. The second-order valence-corrected chi connectivity index (χ2v) is 6.39. The fraction of sp³-hybridized carbons (Fsp3) is 0.647. The average molecular weight is 276 g/mol. The zero-order chi connectivity index (χ0) is 13.9. The van der Waals surface area contributed by atoms with Gasteiger partial charge in [0, 0.05) is 25.3 Å². The van der Waals surface area contributed by atoms with Gasteiger partial charge >= 0.3 is 0 Å². The highest BCUT2D eigenvalue weighted by Gasteiger charge is 2.29. The van der Waals surface area contributed by atoms with Gasteiger partial charge in [-0.3, -0.25) is 0 Å². The third-order valence-electron chi connectivity index (χ3n) is 4.24. The van der Waals surface area contributed by atoms with E-state index >= 15 is 0 Å². The Hall–Kier alpha value is -1.09. The Morgan fingerprint density at radius 3 is 2.30 bits per heavy atom. The van der Waals surface area contributed by atoms with Crippen LogP contribution in [0.5, 0.6) is 0 Å². The van der Waals surface area contributed by atoms with Crippen LogP contribution < -0.4 is 10.2 Å². The molecule has 0 aliphatic heterocycles. The molecule has 0 spiro atoms. The molecule has 110 valence electrons. The highest BCUT2D eigenvalue weighted by atomic mass is 19.1. The number of benzene rings is 1. The lowest BCUT2D eigenvalue weighted by Crippen LogP contribution is -2.28. The molecule has 0 amide bonds. The zero-order valence-electron chi connectivity index (χ0n) is 12.4. The number of hydrogen-bond acceptors (Lipinski definition) is 2. The first kappa shape index (κ1) is 13.9. The number of nitrogens with one attached hydrogen (secondary N) is 1. The van der Waals surface area contributed by atoms with Gasteiger partial charge in [-0.1, -0.05) is 6.92 Å². The lowest BCUT2D eigenvalue weighted by Gasteiger charge is -2.25. The lowest BCUT2D eigenvalue weighted by atomic mass is 10.1. The van der Waals surface area contributed by atoms with Crippen LogP contribution in [0.2, 0.25) is 0 Å². The molecule has 2 fully saturated rings. The van der Waals surface area contributed by atoms with Crippen molar-refractivity contribution in [3.05, 3.63) is 29.6 Å². The summed E-state index contributed by atoms with van der Waals surface area (Å²) in [6.07, 6.45) is 5.39. The number of nitrogens with zero attached hydrogens (tertiary/aromatic N) is 1. The minimum atomic E-state index is -0.105. The van der Waals surface area contributed by atoms with Crippen molar-refractivity contribution in [3.8, 4) is 0 Å². The summed E-state index contributed by atoms with van der Waals surface area (Å²) < 4.78 is 13.9. The summed E-state index contributed by atoms with van der Waals surface area (Å²) >= 11 is 0. The molecule has 1 aromatic carbocycles. The Morgan fingerprint density at radius 1 is 1.10 bits per heavy atom. The molecule has 3 heteroatoms. The fourth-order valence-electron chi connectivity index (χ4n) is 2.70. The van der Waals surface area contributed by atoms with E-state index in [1.54, 1.807) is 12.1 Å². The van der Waals surface area contributed by atoms with Crippen molar-refractivity contribution in [2.24, 2.45) is 11.8 Å². The molecule has 3 rings (SSSR count). The van der Waals surface area contributed by atoms with Crippen LogP contribution >= 0.6 is 0 Å². The second kappa shape index (κ2) is 6.13. The SMILES string of the molecule is CCNCc1cc(F)cc(N(CC2CC2)CC2CC2)c1. The number of hydrogen-bond donors (Lipinski definition) is 1. The second-order valence-electron chi connectivity index (χ2n) is 6.39. The maximum absolute atomic E-state index is 13.9. The molecule has 0 radical (unpaired) electrons. The predicted molar refractivity (Wildman–Crippen MR) is 81.4 cm³/mol. The van der Waals surface area contributed by atoms with E-state index in [-0.39, 0.29) is 5.82 Å². The molecule has 2 aliphatic rings. The standard InChI is InChI=1S/C17H25FN2/c1-2-19-10-15-7-16(18)9-17(8-15)20(11-13-3-4-13)12-14-5-6-14/h7-9,13-14,19H,2-6,10-12H2,1H3. The van der Waals surface area contributed by atoms with Crippen molar-refractivity contribution in [1.82, 2.24) is 5.32 Å². The largest absolute Gasteiger partial charge is 0.371 e. The molecule has 0 bridgehead atoms. The quantitative estimate of drug-likeness (QED) is 0.781. The van der Waals surface area contributed by atoms with Gasteiger partial charge in [-0.15, -0.1) is 0 Å². The van der Waals surface area contributed by atoms with E-state index in [0.717, 1.165) is 49.3 Å². The van der Waals surface area contributed by atoms with E-state index in [1.807, 2.05) is 0 Å². The van der Waals surface area contributed by atoms with E-state index < -0.39 is 0 Å². The molecule has 0 aromatic heterocycles. The molecule has 2 saturated carbocycles. The minimum absolute atomic E-state index is 0.105. The van der Waals surface area contributed by atoms with Crippen LogP contribution in [0.3, 0.4) is 0 Å². The molecule has 1 aromatic rings. The van der Waals surface area contributed by atoms with Gasteiger partial charge < -0.3 is 10.2 Å². The summed E-state index contributed by atoms with van der Waals surface area (Å²) in [5.74, 6) is 1.58. The Morgan fingerprint density at radius 2 is 1.75 bits per heavy atom. The van der Waals surface area contributed by atoms with Crippen LogP contribution in [-0.4, -0.2) is 19.6 Å². The summed E-state index contributed by atoms with van der Waals surface area (Å²) in [4.78, 5) is 2.42. The monoisotopic (exact) mass is 276 g/mol. The molecule has 0 unspecified atom stereocenters. The van der Waals surface area contributed by atoms with Crippen LogP contribution in [-0.2, 0) is 6.54 Å². The van der Waals surface area contributed by atoms with Gasteiger partial charge in [-0.25, -0.2) is 4.39 Å². The van der Waals surface area contributed by atoms with Crippen molar-refractivity contribution >= 4 is 5.69 Å². The molecule has 0 saturated heterocycles. The Labute approximate surface area is 121 Å². The molecule has 2 nitrogen and oxygen atoms in total. The molecule has 0 heterocycles. The molecule has 1 N–H and O–H groups in total. The summed E-state index contributed by atoms with van der Waals surface area (Å²) in [5.41, 5.74) is 2.13. The van der Waals surface area contributed by atoms with Crippen LogP contribution in [0.1, 0.15) is 38.2 Å². The first-order chi connectivity index (χ1) is 9.74. The van der Waals surface area contributed by atoms with Gasteiger partial charge in [0.15, 0.2) is 0 Å². The molecule has 2 aliphatic carbocycles. The van der Waals surface area contributed by atoms with E-state index in [2.05, 4.69) is 23.2 Å². The van der Waals surface area contributed by atoms with Gasteiger partial charge in [0.1, 0.15) is 5.82 Å². The number of anilines is 1. The van der Waals surface area contributed by atoms with Crippen molar-refractivity contribution < 1.29 is 4.39 Å². The van der Waals surface area contributed by atoms with Gasteiger partial charge in [0.2, 0.25) is 0 Å². The van der Waals surface area contributed by atoms with E-state index in [0.29, 0.717) is 0 Å². The van der Waals surface area contributed by atoms with Crippen LogP contribution in [0.15, 0.2) is 18.2 Å². The van der Waals surface area contributed by atoms with Gasteiger partial charge in [-0.05, 0) is 67.8 Å². The maximum atomic E-state index is 13.9. The molecular formula is C17H25FN2. The smallest absolute Gasteiger partial charge is 0.125 e. The summed E-state index contributed by atoms with van der Waals surface area (Å²) in [7, 11) is 0. The summed E-state index contributed by atoms with van der Waals surface area (Å²) in [6.45, 7) is 5.97. The van der Waals surface area contributed by atoms with E-state index in [1.165, 1.54) is 25.7 Å². The first-order valence-electron chi connectivity index (χ1n) is 7.99. The summed E-state index contributed by atoms with van der Waals surface area (Å²) in [6, 6.07) is 5.52. The Balaban J connectivity index is 1.74. The predicted octanol–water partition coefficient (Wildman–Crippen LogP) is 3.56. The van der Waals surface area contributed by atoms with Crippen molar-refractivity contribution in [2.45, 2.75) is 39.2 Å². The highest BCUT2D eigenvalue weighted by Crippen LogP contribution is 2.36. The normalized spacial score (nSPS) is 18.3. The minimum Gasteiger partial charge on any atom is -0.371 e. The highest BCUT2D eigenvalue weighted by molar-refractivity contribution is 5.49. The summed E-state index contributed by atoms with van der Waals surface area (Å²) in [5, 5.41) is 3.28. The van der Waals surface area contributed by atoms with Gasteiger partial charge in [-0.2, -0.15) is 0 Å². The fourth-order valence-corrected chi connectivity index (χ4v) is 2.70. The van der Waals surface area contributed by atoms with Gasteiger partial charge in [0.05, 0.1) is 0 Å². The lowest BCUT2D eigenvalue weighted by molar-refractivity contribution is 0.616. The van der Waals surface area contributed by atoms with E-state index in [4.69, 9.17) is 0 Å². The van der Waals surface area contributed by atoms with E-state index in [9.17, 15) is 4.39 Å². The Kier molecular flexibility index (Phi) is 4.25. The topological polar surface area (TPSA) is 15.3 Å². The maximum Gasteiger partial charge on any atom is 0.125 e. The van der Waals surface area contributed by atoms with Gasteiger partial charge in [0.25, 0.3) is 0 Å². The first-order valence-corrected chi connectivity index (χ1v) is 7.99. The van der Waals surface area contributed by atoms with Crippen molar-refractivity contribution in [3.63, 3.8) is 0 Å². The van der Waals surface area contributed by atoms with Crippen LogP contribution in [0.4, 0.5) is 10.1 Å². The van der Waals surface area contributed by atoms with Crippen molar-refractivity contribution in [2.75, 3.05) is 24.5 Å². The zero-order valence-corrected chi connectivity index (χ0v) is 12.4. The molecule has 0 atom stereocenters. The van der Waals surface area contributed by atoms with Crippen molar-refractivity contribution in [1.29, 1.82) is 0 Å².